The molecule has 0 saturated heterocycles. The van der Waals surface area contributed by atoms with E-state index in [1.54, 1.807) is 40.6 Å². The highest BCUT2D eigenvalue weighted by Gasteiger charge is 2.18. The summed E-state index contributed by atoms with van der Waals surface area (Å²) in [4.78, 5) is 18.2. The van der Waals surface area contributed by atoms with Crippen LogP contribution in [0.4, 0.5) is 17.6 Å². The first-order valence-corrected chi connectivity index (χ1v) is 11.7. The Morgan fingerprint density at radius 3 is 2.24 bits per heavy atom. The van der Waals surface area contributed by atoms with Gasteiger partial charge in [-0.25, -0.2) is 19.5 Å². The normalized spacial score (nSPS) is 10.7. The van der Waals surface area contributed by atoms with Crippen LogP contribution in [0.2, 0.25) is 0 Å². The van der Waals surface area contributed by atoms with Crippen LogP contribution < -0.4 is 29.6 Å². The van der Waals surface area contributed by atoms with Gasteiger partial charge in [0.1, 0.15) is 12.1 Å². The van der Waals surface area contributed by atoms with E-state index in [2.05, 4.69) is 25.6 Å². The van der Waals surface area contributed by atoms with Crippen LogP contribution in [-0.4, -0.2) is 52.9 Å². The number of methoxy groups -OCH3 is 4. The molecule has 0 aliphatic rings. The van der Waals surface area contributed by atoms with E-state index in [9.17, 15) is 0 Å². The molecule has 0 bridgehead atoms. The molecule has 11 nitrogen and oxygen atoms in total. The lowest BCUT2D eigenvalue weighted by atomic mass is 10.2. The zero-order chi connectivity index (χ0) is 26.5. The molecule has 0 saturated carbocycles. The van der Waals surface area contributed by atoms with Crippen molar-refractivity contribution in [3.8, 4) is 28.9 Å². The molecular formula is C27H27N7O4. The zero-order valence-corrected chi connectivity index (χ0v) is 21.4. The third kappa shape index (κ3) is 4.94. The van der Waals surface area contributed by atoms with Crippen molar-refractivity contribution in [3.63, 3.8) is 0 Å². The van der Waals surface area contributed by atoms with Gasteiger partial charge in [-0.05, 0) is 17.7 Å². The molecule has 2 N–H and O–H groups in total. The van der Waals surface area contributed by atoms with Crippen molar-refractivity contribution < 1.29 is 18.9 Å². The molecule has 0 spiro atoms. The summed E-state index contributed by atoms with van der Waals surface area (Å²) in [6.45, 7) is 0.572. The van der Waals surface area contributed by atoms with Crippen LogP contribution in [0.3, 0.4) is 0 Å². The zero-order valence-electron chi connectivity index (χ0n) is 21.4. The van der Waals surface area contributed by atoms with Crippen molar-refractivity contribution >= 4 is 28.6 Å². The Morgan fingerprint density at radius 1 is 0.789 bits per heavy atom. The van der Waals surface area contributed by atoms with Crippen molar-refractivity contribution in [2.75, 3.05) is 39.1 Å². The second kappa shape index (κ2) is 10.9. The van der Waals surface area contributed by atoms with Crippen molar-refractivity contribution in [2.24, 2.45) is 0 Å². The van der Waals surface area contributed by atoms with E-state index in [1.165, 1.54) is 6.33 Å². The Kier molecular flexibility index (Phi) is 7.07. The summed E-state index contributed by atoms with van der Waals surface area (Å²) in [5.74, 6) is 3.51. The largest absolute Gasteiger partial charge is 0.497 e. The number of aromatic nitrogens is 5. The second-order valence-electron chi connectivity index (χ2n) is 8.11. The summed E-state index contributed by atoms with van der Waals surface area (Å²) in [6.07, 6.45) is 1.44. The fourth-order valence-corrected chi connectivity index (χ4v) is 4.02. The Labute approximate surface area is 219 Å². The fraction of sp³-hybridized carbons (Fsp3) is 0.185. The summed E-state index contributed by atoms with van der Waals surface area (Å²) < 4.78 is 23.6. The summed E-state index contributed by atoms with van der Waals surface area (Å²) in [6, 6.07) is 19.3. The molecule has 2 aromatic heterocycles. The molecule has 5 aromatic rings. The van der Waals surface area contributed by atoms with Gasteiger partial charge in [0.2, 0.25) is 23.6 Å². The van der Waals surface area contributed by atoms with Gasteiger partial charge in [0.15, 0.2) is 11.5 Å². The van der Waals surface area contributed by atoms with Gasteiger partial charge in [0.05, 0.1) is 39.5 Å². The number of anilines is 3. The van der Waals surface area contributed by atoms with Gasteiger partial charge in [-0.3, -0.25) is 0 Å². The van der Waals surface area contributed by atoms with E-state index in [0.717, 1.165) is 16.6 Å². The standard InChI is InChI=1S/C27H27N7O4/c1-35-19-10-11-21-20(14-19)32-26(28-15-17-8-6-5-7-9-17)34(21)27-30-16-29-25(33-27)31-18-12-22(36-2)24(38-4)23(13-18)37-3/h5-14,16H,15H2,1-4H3,(H,28,32)(H,29,30,31,33). The topological polar surface area (TPSA) is 117 Å². The molecule has 0 aliphatic heterocycles. The average molecular weight is 514 g/mol. The highest BCUT2D eigenvalue weighted by molar-refractivity contribution is 5.82. The SMILES string of the molecule is COc1ccc2c(c1)nc(NCc1ccccc1)n2-c1ncnc(Nc2cc(OC)c(OC)c(OC)c2)n1. The molecular weight excluding hydrogens is 486 g/mol. The molecule has 0 aliphatic carbocycles. The average Bonchev–Trinajstić information content (AvgIpc) is 3.33. The number of hydrogen-bond donors (Lipinski definition) is 2. The van der Waals surface area contributed by atoms with Crippen molar-refractivity contribution in [3.05, 3.63) is 72.6 Å². The first-order valence-electron chi connectivity index (χ1n) is 11.7. The van der Waals surface area contributed by atoms with Gasteiger partial charge in [-0.2, -0.15) is 4.98 Å². The number of hydrogen-bond acceptors (Lipinski definition) is 10. The van der Waals surface area contributed by atoms with Gasteiger partial charge >= 0.3 is 0 Å². The number of imidazole rings is 1. The molecule has 11 heteroatoms. The van der Waals surface area contributed by atoms with E-state index in [0.29, 0.717) is 53.1 Å². The number of nitrogens with zero attached hydrogens (tertiary/aromatic N) is 5. The van der Waals surface area contributed by atoms with Gasteiger partial charge in [0, 0.05) is 30.4 Å². The highest BCUT2D eigenvalue weighted by Crippen LogP contribution is 2.40. The Morgan fingerprint density at radius 2 is 1.55 bits per heavy atom. The third-order valence-corrected chi connectivity index (χ3v) is 5.84. The lowest BCUT2D eigenvalue weighted by Crippen LogP contribution is -2.10. The van der Waals surface area contributed by atoms with E-state index in [1.807, 2.05) is 53.1 Å². The quantitative estimate of drug-likeness (QED) is 0.274. The van der Waals surface area contributed by atoms with Crippen LogP contribution in [0, 0.1) is 0 Å². The number of nitrogens with one attached hydrogen (secondary N) is 2. The maximum atomic E-state index is 5.46. The number of benzene rings is 3. The monoisotopic (exact) mass is 513 g/mol. The van der Waals surface area contributed by atoms with Gasteiger partial charge in [-0.15, -0.1) is 0 Å². The minimum absolute atomic E-state index is 0.327. The van der Waals surface area contributed by atoms with E-state index in [-0.39, 0.29) is 0 Å². The van der Waals surface area contributed by atoms with Crippen LogP contribution in [0.1, 0.15) is 5.56 Å². The molecule has 0 radical (unpaired) electrons. The Hall–Kier alpha value is -5.06. The van der Waals surface area contributed by atoms with Crippen LogP contribution in [0.15, 0.2) is 67.0 Å². The third-order valence-electron chi connectivity index (χ3n) is 5.84. The molecule has 0 atom stereocenters. The molecule has 38 heavy (non-hydrogen) atoms. The van der Waals surface area contributed by atoms with E-state index < -0.39 is 0 Å². The van der Waals surface area contributed by atoms with Crippen molar-refractivity contribution in [1.29, 1.82) is 0 Å². The first-order chi connectivity index (χ1) is 18.6. The van der Waals surface area contributed by atoms with Crippen LogP contribution in [0.25, 0.3) is 17.0 Å². The molecule has 2 heterocycles. The van der Waals surface area contributed by atoms with E-state index in [4.69, 9.17) is 23.9 Å². The maximum absolute atomic E-state index is 5.46. The summed E-state index contributed by atoms with van der Waals surface area (Å²) in [5.41, 5.74) is 3.31. The highest BCUT2D eigenvalue weighted by atomic mass is 16.5. The maximum Gasteiger partial charge on any atom is 0.241 e. The number of rotatable bonds is 10. The molecule has 0 fully saturated rings. The van der Waals surface area contributed by atoms with Crippen LogP contribution >= 0.6 is 0 Å². The summed E-state index contributed by atoms with van der Waals surface area (Å²) >= 11 is 0. The first kappa shape index (κ1) is 24.6. The van der Waals surface area contributed by atoms with Crippen molar-refractivity contribution in [1.82, 2.24) is 24.5 Å². The number of ether oxygens (including phenoxy) is 4. The fourth-order valence-electron chi connectivity index (χ4n) is 4.02. The number of fused-ring (bicyclic) bond motifs is 1. The Balaban J connectivity index is 1.53. The minimum atomic E-state index is 0.327. The van der Waals surface area contributed by atoms with Crippen LogP contribution in [-0.2, 0) is 6.54 Å². The van der Waals surface area contributed by atoms with Gasteiger partial charge < -0.3 is 29.6 Å². The Bertz CT molecular complexity index is 1530. The molecule has 0 amide bonds. The summed E-state index contributed by atoms with van der Waals surface area (Å²) in [7, 11) is 6.30. The summed E-state index contributed by atoms with van der Waals surface area (Å²) in [5, 5.41) is 6.61. The van der Waals surface area contributed by atoms with Crippen LogP contribution in [0.5, 0.6) is 23.0 Å². The van der Waals surface area contributed by atoms with E-state index >= 15 is 0 Å². The van der Waals surface area contributed by atoms with Gasteiger partial charge in [0.25, 0.3) is 0 Å². The lowest BCUT2D eigenvalue weighted by Gasteiger charge is -2.15. The molecule has 5 rings (SSSR count). The smallest absolute Gasteiger partial charge is 0.241 e. The molecule has 194 valence electrons. The molecule has 3 aromatic carbocycles. The second-order valence-corrected chi connectivity index (χ2v) is 8.11. The predicted molar refractivity (Wildman–Crippen MR) is 144 cm³/mol. The van der Waals surface area contributed by atoms with Gasteiger partial charge in [-0.1, -0.05) is 30.3 Å². The van der Waals surface area contributed by atoms with Crippen molar-refractivity contribution in [2.45, 2.75) is 6.54 Å². The molecule has 0 unspecified atom stereocenters. The predicted octanol–water partition coefficient (Wildman–Crippen LogP) is 4.60. The lowest BCUT2D eigenvalue weighted by molar-refractivity contribution is 0.324. The minimum Gasteiger partial charge on any atom is -0.497 e.